The molecule has 0 aromatic heterocycles. The van der Waals surface area contributed by atoms with Crippen LogP contribution in [0.5, 0.6) is 0 Å². The summed E-state index contributed by atoms with van der Waals surface area (Å²) in [5.41, 5.74) is -1.90. The maximum Gasteiger partial charge on any atom is 0.187 e. The number of fused-ring (bicyclic) bond motifs is 4. The fourth-order valence-electron chi connectivity index (χ4n) is 14.3. The molecule has 3 aliphatic heterocycles. The Morgan fingerprint density at radius 3 is 2.13 bits per heavy atom. The molecule has 4 saturated carbocycles. The molecule has 7 fully saturated rings. The second-order valence-electron chi connectivity index (χ2n) is 21.0. The molecule has 5 aliphatic carbocycles. The van der Waals surface area contributed by atoms with Crippen molar-refractivity contribution in [1.82, 2.24) is 0 Å². The molecule has 0 aromatic carbocycles. The van der Waals surface area contributed by atoms with Crippen LogP contribution in [-0.2, 0) is 23.7 Å². The molecule has 3 saturated heterocycles. The zero-order valence-corrected chi connectivity index (χ0v) is 33.7. The van der Waals surface area contributed by atoms with Gasteiger partial charge in [-0.15, -0.1) is 0 Å². The van der Waals surface area contributed by atoms with E-state index in [1.54, 1.807) is 6.92 Å². The number of rotatable bonds is 6. The molecule has 0 aromatic rings. The van der Waals surface area contributed by atoms with Gasteiger partial charge in [0.05, 0.1) is 43.7 Å². The van der Waals surface area contributed by atoms with Crippen LogP contribution < -0.4 is 0 Å². The molecule has 2 bridgehead atoms. The van der Waals surface area contributed by atoms with E-state index in [0.29, 0.717) is 19.4 Å². The first-order chi connectivity index (χ1) is 25.7. The minimum Gasteiger partial charge on any atom is -0.396 e. The first-order valence-corrected chi connectivity index (χ1v) is 20.9. The van der Waals surface area contributed by atoms with Gasteiger partial charge < -0.3 is 64.5 Å². The van der Waals surface area contributed by atoms with Gasteiger partial charge in [0.15, 0.2) is 12.6 Å². The van der Waals surface area contributed by atoms with Gasteiger partial charge in [-0.05, 0) is 86.4 Å². The maximum atomic E-state index is 12.1. The van der Waals surface area contributed by atoms with E-state index in [-0.39, 0.29) is 51.4 Å². The van der Waals surface area contributed by atoms with Crippen LogP contribution >= 0.6 is 0 Å². The van der Waals surface area contributed by atoms with Crippen molar-refractivity contribution in [2.45, 2.75) is 179 Å². The van der Waals surface area contributed by atoms with E-state index in [0.717, 1.165) is 38.5 Å². The van der Waals surface area contributed by atoms with Crippen LogP contribution in [0.25, 0.3) is 0 Å². The summed E-state index contributed by atoms with van der Waals surface area (Å²) in [7, 11) is 0. The third kappa shape index (κ3) is 5.44. The van der Waals surface area contributed by atoms with Crippen molar-refractivity contribution in [1.29, 1.82) is 0 Å². The van der Waals surface area contributed by atoms with Crippen molar-refractivity contribution < 1.29 is 64.5 Å². The Labute approximate surface area is 325 Å². The summed E-state index contributed by atoms with van der Waals surface area (Å²) in [5.74, 6) is 0.449. The molecule has 8 N–H and O–H groups in total. The average Bonchev–Trinajstić information content (AvgIpc) is 3.41. The largest absolute Gasteiger partial charge is 0.396 e. The molecule has 0 radical (unpaired) electrons. The molecule has 8 rings (SSSR count). The van der Waals surface area contributed by atoms with Gasteiger partial charge in [0.25, 0.3) is 0 Å². The highest BCUT2D eigenvalue weighted by molar-refractivity contribution is 5.36. The molecule has 3 heterocycles. The van der Waals surface area contributed by atoms with Crippen LogP contribution in [0.3, 0.4) is 0 Å². The predicted molar refractivity (Wildman–Crippen MR) is 197 cm³/mol. The number of hydrogen-bond acceptors (Lipinski definition) is 13. The standard InChI is InChI=1S/C42H68O13/c1-21-28(46)33(55-34-31(49)30(48)29(47)22(18-43)53-34)32(50)35(52-21)54-27-10-11-37(4)23(38(27,5)19-44)8-12-39(6)24(37)9-13-42-25-16-36(2,3)14-15-41(25,20-51-42)26(45)17-40(39,42)7/h9,13,21-35,43-50H,8,10-12,14-20H2,1-7H3/t21-,22-,23-,24-,25-,26-,27+,28+,29-,30+,31-,32-,33+,34+,35+,37+,38+,39-,40+,41-,42+/m0/s1. The van der Waals surface area contributed by atoms with Gasteiger partial charge in [-0.1, -0.05) is 53.7 Å². The highest BCUT2D eigenvalue weighted by Crippen LogP contribution is 2.79. The van der Waals surface area contributed by atoms with Gasteiger partial charge in [0.2, 0.25) is 0 Å². The molecule has 314 valence electrons. The maximum absolute atomic E-state index is 12.1. The van der Waals surface area contributed by atoms with Crippen molar-refractivity contribution in [3.05, 3.63) is 12.2 Å². The second kappa shape index (κ2) is 13.4. The summed E-state index contributed by atoms with van der Waals surface area (Å²) >= 11 is 0. The fourth-order valence-corrected chi connectivity index (χ4v) is 14.3. The first-order valence-electron chi connectivity index (χ1n) is 20.9. The topological polar surface area (TPSA) is 208 Å². The fraction of sp³-hybridized carbons (Fsp3) is 0.952. The minimum absolute atomic E-state index is 0.0414. The Kier molecular flexibility index (Phi) is 9.95. The summed E-state index contributed by atoms with van der Waals surface area (Å²) in [6.45, 7) is 15.4. The van der Waals surface area contributed by atoms with Crippen LogP contribution in [0.4, 0.5) is 0 Å². The van der Waals surface area contributed by atoms with Crippen LogP contribution in [-0.4, -0.2) is 140 Å². The molecule has 8 aliphatic rings. The second-order valence-corrected chi connectivity index (χ2v) is 21.0. The van der Waals surface area contributed by atoms with Gasteiger partial charge in [0, 0.05) is 22.2 Å². The van der Waals surface area contributed by atoms with E-state index in [9.17, 15) is 40.9 Å². The highest BCUT2D eigenvalue weighted by Gasteiger charge is 2.79. The van der Waals surface area contributed by atoms with Crippen LogP contribution in [0.1, 0.15) is 99.8 Å². The van der Waals surface area contributed by atoms with Crippen molar-refractivity contribution in [3.8, 4) is 0 Å². The smallest absolute Gasteiger partial charge is 0.187 e. The molecular formula is C42H68O13. The van der Waals surface area contributed by atoms with Gasteiger partial charge in [-0.2, -0.15) is 0 Å². The molecule has 13 nitrogen and oxygen atoms in total. The van der Waals surface area contributed by atoms with Crippen molar-refractivity contribution in [2.24, 2.45) is 50.2 Å². The van der Waals surface area contributed by atoms with E-state index in [1.807, 2.05) is 0 Å². The van der Waals surface area contributed by atoms with Crippen molar-refractivity contribution in [2.75, 3.05) is 19.8 Å². The lowest BCUT2D eigenvalue weighted by molar-refractivity contribution is -0.367. The molecule has 55 heavy (non-hydrogen) atoms. The van der Waals surface area contributed by atoms with Crippen LogP contribution in [0.15, 0.2) is 12.2 Å². The zero-order chi connectivity index (χ0) is 39.9. The Hall–Kier alpha value is -0.780. The minimum atomic E-state index is -1.72. The third-order valence-electron chi connectivity index (χ3n) is 17.9. The normalized spacial score (nSPS) is 59.7. The molecule has 13 heteroatoms. The SMILES string of the molecule is C[C@@H]1O[C@H](O[C@@H]2CC[C@]3(C)[C@H](CC[C@@]4(C)[C@H]3C=C[C@@]35OC[C@]6(CCC(C)(C)C[C@@H]63)[C@@H](O)C[C@]45C)[C@@]2(C)CO)[C@@H](O)[C@H](O[C@H]2O[C@@H](CO)[C@H](O)[C@@H](O)[C@@H]2O)[C@@H]1O. The third-order valence-corrected chi connectivity index (χ3v) is 17.9. The van der Waals surface area contributed by atoms with E-state index in [4.69, 9.17) is 23.7 Å². The van der Waals surface area contributed by atoms with E-state index in [2.05, 4.69) is 53.7 Å². The Morgan fingerprint density at radius 2 is 1.44 bits per heavy atom. The quantitative estimate of drug-likeness (QED) is 0.143. The lowest BCUT2D eigenvalue weighted by atomic mass is 9.32. The zero-order valence-electron chi connectivity index (χ0n) is 33.7. The van der Waals surface area contributed by atoms with Crippen molar-refractivity contribution in [3.63, 3.8) is 0 Å². The molecule has 21 atom stereocenters. The van der Waals surface area contributed by atoms with Gasteiger partial charge in [-0.3, -0.25) is 0 Å². The van der Waals surface area contributed by atoms with Crippen molar-refractivity contribution >= 4 is 0 Å². The van der Waals surface area contributed by atoms with Crippen LogP contribution in [0, 0.1) is 50.2 Å². The lowest BCUT2D eigenvalue weighted by Crippen LogP contribution is -2.72. The Bertz CT molecular complexity index is 1490. The van der Waals surface area contributed by atoms with E-state index < -0.39 is 91.2 Å². The molecule has 0 amide bonds. The number of aliphatic hydroxyl groups is 8. The molecule has 1 spiro atoms. The number of hydrogen-bond donors (Lipinski definition) is 8. The summed E-state index contributed by atoms with van der Waals surface area (Å²) < 4.78 is 31.2. The molecule has 0 unspecified atom stereocenters. The van der Waals surface area contributed by atoms with Gasteiger partial charge >= 0.3 is 0 Å². The van der Waals surface area contributed by atoms with Gasteiger partial charge in [-0.25, -0.2) is 0 Å². The Balaban J connectivity index is 1.05. The summed E-state index contributed by atoms with van der Waals surface area (Å²) in [6.07, 6.45) is -3.39. The highest BCUT2D eigenvalue weighted by atomic mass is 16.7. The number of ether oxygens (including phenoxy) is 5. The summed E-state index contributed by atoms with van der Waals surface area (Å²) in [5, 5.41) is 87.0. The van der Waals surface area contributed by atoms with E-state index in [1.165, 1.54) is 0 Å². The van der Waals surface area contributed by atoms with Crippen LogP contribution in [0.2, 0.25) is 0 Å². The molecular weight excluding hydrogens is 712 g/mol. The lowest BCUT2D eigenvalue weighted by Gasteiger charge is -2.73. The number of aliphatic hydroxyl groups excluding tert-OH is 8. The number of allylic oxidation sites excluding steroid dienone is 1. The first kappa shape index (κ1) is 41.0. The summed E-state index contributed by atoms with van der Waals surface area (Å²) in [4.78, 5) is 0. The Morgan fingerprint density at radius 1 is 0.727 bits per heavy atom. The van der Waals surface area contributed by atoms with E-state index >= 15 is 0 Å². The van der Waals surface area contributed by atoms with Gasteiger partial charge in [0.1, 0.15) is 42.7 Å². The monoisotopic (exact) mass is 780 g/mol. The predicted octanol–water partition coefficient (Wildman–Crippen LogP) is 1.78. The summed E-state index contributed by atoms with van der Waals surface area (Å²) in [6, 6.07) is 0. The average molecular weight is 781 g/mol.